The summed E-state index contributed by atoms with van der Waals surface area (Å²) >= 11 is 5.86. The van der Waals surface area contributed by atoms with Gasteiger partial charge in [0.15, 0.2) is 0 Å². The molecule has 7 heteroatoms. The van der Waals surface area contributed by atoms with Crippen LogP contribution in [0.4, 0.5) is 11.4 Å². The Balaban J connectivity index is 1.83. The smallest absolute Gasteiger partial charge is 0.264 e. The molecule has 2 aromatic rings. The van der Waals surface area contributed by atoms with Crippen molar-refractivity contribution in [1.29, 1.82) is 0 Å². The topological polar surface area (TPSA) is 49.9 Å². The number of nitrogens with zero attached hydrogens (tertiary/aromatic N) is 2. The van der Waals surface area contributed by atoms with Gasteiger partial charge >= 0.3 is 0 Å². The zero-order chi connectivity index (χ0) is 16.0. The summed E-state index contributed by atoms with van der Waals surface area (Å²) < 4.78 is 33.1. The van der Waals surface area contributed by atoms with Crippen LogP contribution in [0, 0.1) is 0 Å². The maximum absolute atomic E-state index is 13.0. The third kappa shape index (κ3) is 2.33. The van der Waals surface area contributed by atoms with E-state index in [0.717, 1.165) is 18.0 Å². The van der Waals surface area contributed by atoms with Crippen LogP contribution < -0.4 is 13.9 Å². The van der Waals surface area contributed by atoms with Gasteiger partial charge in [-0.05, 0) is 36.4 Å². The molecule has 2 aliphatic rings. The summed E-state index contributed by atoms with van der Waals surface area (Å²) in [7, 11) is -3.62. The van der Waals surface area contributed by atoms with Crippen molar-refractivity contribution < 1.29 is 13.2 Å². The van der Waals surface area contributed by atoms with Gasteiger partial charge in [-0.3, -0.25) is 4.31 Å². The molecule has 5 nitrogen and oxygen atoms in total. The molecule has 120 valence electrons. The molecule has 0 saturated carbocycles. The lowest BCUT2D eigenvalue weighted by atomic mass is 10.1. The molecule has 0 atom stereocenters. The molecule has 2 aliphatic heterocycles. The molecular formula is C16H15ClN2O3S. The fraction of sp³-hybridized carbons (Fsp3) is 0.250. The summed E-state index contributed by atoms with van der Waals surface area (Å²) in [6, 6.07) is 11.8. The van der Waals surface area contributed by atoms with E-state index in [-0.39, 0.29) is 4.90 Å². The minimum absolute atomic E-state index is 0.240. The summed E-state index contributed by atoms with van der Waals surface area (Å²) in [4.78, 5) is 2.42. The quantitative estimate of drug-likeness (QED) is 0.835. The molecule has 0 radical (unpaired) electrons. The van der Waals surface area contributed by atoms with E-state index in [1.54, 1.807) is 12.1 Å². The number of benzene rings is 2. The van der Waals surface area contributed by atoms with Gasteiger partial charge in [0.1, 0.15) is 18.0 Å². The average molecular weight is 351 g/mol. The number of anilines is 2. The molecule has 0 N–H and O–H groups in total. The zero-order valence-electron chi connectivity index (χ0n) is 12.3. The third-order valence-electron chi connectivity index (χ3n) is 4.16. The van der Waals surface area contributed by atoms with Gasteiger partial charge in [0.2, 0.25) is 0 Å². The third-order valence-corrected chi connectivity index (χ3v) is 6.24. The highest BCUT2D eigenvalue weighted by atomic mass is 35.5. The lowest BCUT2D eigenvalue weighted by Gasteiger charge is -2.41. The summed E-state index contributed by atoms with van der Waals surface area (Å²) in [5.74, 6) is 0.741. The number of sulfonamides is 1. The minimum Gasteiger partial charge on any atom is -0.489 e. The Morgan fingerprint density at radius 3 is 2.57 bits per heavy atom. The van der Waals surface area contributed by atoms with Crippen molar-refractivity contribution in [1.82, 2.24) is 0 Å². The van der Waals surface area contributed by atoms with Crippen LogP contribution in [0.2, 0.25) is 5.02 Å². The van der Waals surface area contributed by atoms with Crippen molar-refractivity contribution in [3.05, 3.63) is 47.5 Å². The van der Waals surface area contributed by atoms with Gasteiger partial charge in [0.05, 0.1) is 23.7 Å². The summed E-state index contributed by atoms with van der Waals surface area (Å²) in [6.45, 7) is 2.47. The van der Waals surface area contributed by atoms with Crippen LogP contribution in [0.3, 0.4) is 0 Å². The highest BCUT2D eigenvalue weighted by Crippen LogP contribution is 2.44. The van der Waals surface area contributed by atoms with Crippen molar-refractivity contribution in [3.63, 3.8) is 0 Å². The lowest BCUT2D eigenvalue weighted by Crippen LogP contribution is -2.46. The van der Waals surface area contributed by atoms with Gasteiger partial charge in [-0.2, -0.15) is 0 Å². The Bertz CT molecular complexity index is 852. The van der Waals surface area contributed by atoms with Gasteiger partial charge in [-0.25, -0.2) is 8.42 Å². The second-order valence-corrected chi connectivity index (χ2v) is 7.79. The van der Waals surface area contributed by atoms with Crippen LogP contribution in [-0.2, 0) is 10.0 Å². The highest BCUT2D eigenvalue weighted by molar-refractivity contribution is 7.92. The van der Waals surface area contributed by atoms with Gasteiger partial charge < -0.3 is 9.64 Å². The zero-order valence-corrected chi connectivity index (χ0v) is 13.8. The van der Waals surface area contributed by atoms with Crippen LogP contribution >= 0.6 is 11.6 Å². The van der Waals surface area contributed by atoms with E-state index in [1.165, 1.54) is 16.4 Å². The molecule has 0 spiro atoms. The van der Waals surface area contributed by atoms with Crippen molar-refractivity contribution in [3.8, 4) is 5.75 Å². The first-order valence-electron chi connectivity index (χ1n) is 7.36. The predicted molar refractivity (Wildman–Crippen MR) is 90.1 cm³/mol. The van der Waals surface area contributed by atoms with E-state index < -0.39 is 10.0 Å². The number of para-hydroxylation sites is 1. The average Bonchev–Trinajstić information content (AvgIpc) is 2.56. The lowest BCUT2D eigenvalue weighted by molar-refractivity contribution is 0.307. The van der Waals surface area contributed by atoms with E-state index in [4.69, 9.17) is 16.3 Å². The molecule has 2 heterocycles. The van der Waals surface area contributed by atoms with E-state index in [2.05, 4.69) is 4.90 Å². The van der Waals surface area contributed by atoms with E-state index in [1.807, 2.05) is 18.2 Å². The van der Waals surface area contributed by atoms with Gasteiger partial charge in [0.25, 0.3) is 10.0 Å². The number of rotatable bonds is 2. The van der Waals surface area contributed by atoms with Crippen LogP contribution in [0.1, 0.15) is 0 Å². The Kier molecular flexibility index (Phi) is 3.39. The van der Waals surface area contributed by atoms with Gasteiger partial charge in [-0.1, -0.05) is 17.7 Å². The van der Waals surface area contributed by atoms with E-state index in [0.29, 0.717) is 30.4 Å². The SMILES string of the molecule is O=S(=O)(c1ccc(Cl)cc1)N1CCN2CCOc3cccc1c32. The molecule has 0 aliphatic carbocycles. The highest BCUT2D eigenvalue weighted by Gasteiger charge is 2.35. The molecule has 0 amide bonds. The standard InChI is InChI=1S/C16H15ClN2O3S/c17-12-4-6-13(7-5-12)23(20,21)19-9-8-18-10-11-22-15-3-1-2-14(19)16(15)18/h1-7H,8-11H2. The Hall–Kier alpha value is -1.92. The summed E-state index contributed by atoms with van der Waals surface area (Å²) in [6.07, 6.45) is 0. The molecule has 0 unspecified atom stereocenters. The molecule has 23 heavy (non-hydrogen) atoms. The Morgan fingerprint density at radius 1 is 1.00 bits per heavy atom. The fourth-order valence-corrected chi connectivity index (χ4v) is 4.65. The van der Waals surface area contributed by atoms with E-state index >= 15 is 0 Å². The molecule has 0 fully saturated rings. The van der Waals surface area contributed by atoms with Crippen molar-refractivity contribution >= 4 is 33.0 Å². The largest absolute Gasteiger partial charge is 0.489 e. The van der Waals surface area contributed by atoms with Crippen molar-refractivity contribution in [2.24, 2.45) is 0 Å². The monoisotopic (exact) mass is 350 g/mol. The Labute approximate surface area is 140 Å². The maximum Gasteiger partial charge on any atom is 0.264 e. The molecule has 0 bridgehead atoms. The number of hydrogen-bond donors (Lipinski definition) is 0. The van der Waals surface area contributed by atoms with Crippen LogP contribution in [-0.4, -0.2) is 34.7 Å². The van der Waals surface area contributed by atoms with Crippen LogP contribution in [0.15, 0.2) is 47.4 Å². The normalized spacial score (nSPS) is 16.7. The second kappa shape index (κ2) is 5.32. The first kappa shape index (κ1) is 14.7. The van der Waals surface area contributed by atoms with E-state index in [9.17, 15) is 8.42 Å². The van der Waals surface area contributed by atoms with Gasteiger partial charge in [-0.15, -0.1) is 0 Å². The minimum atomic E-state index is -3.62. The molecule has 0 saturated heterocycles. The molecule has 0 aromatic heterocycles. The first-order chi connectivity index (χ1) is 11.1. The van der Waals surface area contributed by atoms with Gasteiger partial charge in [0, 0.05) is 11.6 Å². The first-order valence-corrected chi connectivity index (χ1v) is 9.18. The molecular weight excluding hydrogens is 336 g/mol. The molecule has 4 rings (SSSR count). The van der Waals surface area contributed by atoms with Crippen molar-refractivity contribution in [2.45, 2.75) is 4.90 Å². The molecule has 2 aromatic carbocycles. The summed E-state index contributed by atoms with van der Waals surface area (Å²) in [5, 5.41) is 0.513. The number of halogens is 1. The fourth-order valence-electron chi connectivity index (χ4n) is 3.06. The number of ether oxygens (including phenoxy) is 1. The number of hydrogen-bond acceptors (Lipinski definition) is 4. The summed E-state index contributed by atoms with van der Waals surface area (Å²) in [5.41, 5.74) is 1.53. The Morgan fingerprint density at radius 2 is 1.78 bits per heavy atom. The van der Waals surface area contributed by atoms with Crippen molar-refractivity contribution in [2.75, 3.05) is 35.4 Å². The maximum atomic E-state index is 13.0. The van der Waals surface area contributed by atoms with Crippen LogP contribution in [0.25, 0.3) is 0 Å². The predicted octanol–water partition coefficient (Wildman–Crippen LogP) is 2.75. The van der Waals surface area contributed by atoms with Crippen LogP contribution in [0.5, 0.6) is 5.75 Å². The second-order valence-electron chi connectivity index (χ2n) is 5.49.